The molecule has 2 aromatic carbocycles. The summed E-state index contributed by atoms with van der Waals surface area (Å²) in [5, 5.41) is 7.57. The summed E-state index contributed by atoms with van der Waals surface area (Å²) in [6.07, 6.45) is 4.27. The number of aryl methyl sites for hydroxylation is 1. The number of H-pyrrole nitrogens is 1. The minimum Gasteiger partial charge on any atom is -0.382 e. The second kappa shape index (κ2) is 10.4. The number of nitrogens with zero attached hydrogens (tertiary/aromatic N) is 3. The fourth-order valence-electron chi connectivity index (χ4n) is 3.85. The minimum atomic E-state index is -0.197. The van der Waals surface area contributed by atoms with E-state index in [9.17, 15) is 9.59 Å². The predicted octanol–water partition coefficient (Wildman–Crippen LogP) is 3.82. The number of amides is 1. The van der Waals surface area contributed by atoms with Gasteiger partial charge in [-0.25, -0.2) is 5.10 Å². The third-order valence-corrected chi connectivity index (χ3v) is 5.75. The number of carbonyl (C=O) groups excluding carboxylic acids is 1. The van der Waals surface area contributed by atoms with E-state index in [4.69, 9.17) is 17.3 Å². The van der Waals surface area contributed by atoms with Crippen molar-refractivity contribution >= 4 is 39.7 Å². The molecule has 8 nitrogen and oxygen atoms in total. The summed E-state index contributed by atoms with van der Waals surface area (Å²) in [7, 11) is 0. The average molecular weight is 490 g/mol. The van der Waals surface area contributed by atoms with Crippen molar-refractivity contribution in [1.29, 1.82) is 0 Å². The van der Waals surface area contributed by atoms with Crippen molar-refractivity contribution in [1.82, 2.24) is 20.0 Å². The van der Waals surface area contributed by atoms with Crippen molar-refractivity contribution in [3.8, 4) is 5.69 Å². The number of para-hydroxylation sites is 1. The van der Waals surface area contributed by atoms with Crippen molar-refractivity contribution in [2.75, 3.05) is 12.3 Å². The van der Waals surface area contributed by atoms with Crippen LogP contribution in [0.3, 0.4) is 0 Å². The molecule has 0 aliphatic carbocycles. The number of hydrogen-bond donors (Lipinski definition) is 3. The highest BCUT2D eigenvalue weighted by atomic mass is 35.5. The number of pyridine rings is 1. The van der Waals surface area contributed by atoms with Crippen LogP contribution in [0.5, 0.6) is 0 Å². The maximum absolute atomic E-state index is 12.6. The molecular formula is C26H26ClN6O2+. The monoisotopic (exact) mass is 489 g/mol. The van der Waals surface area contributed by atoms with Gasteiger partial charge in [-0.2, -0.15) is 0 Å². The van der Waals surface area contributed by atoms with Crippen LogP contribution in [0.15, 0.2) is 77.9 Å². The Morgan fingerprint density at radius 2 is 1.94 bits per heavy atom. The number of carbonyl (C=O) groups is 1. The second-order valence-corrected chi connectivity index (χ2v) is 8.34. The molecule has 5 aromatic rings. The SMILES string of the molecule is CCCNC(=O)c1c(N)[nH][n+]2cccnc12.Cc1cc2cccc(Cl)c2c(=O)n1-c1ccccc1. The Morgan fingerprint density at radius 1 is 1.17 bits per heavy atom. The minimum absolute atomic E-state index is 0.0770. The maximum Gasteiger partial charge on any atom is 0.362 e. The first kappa shape index (κ1) is 24.0. The number of nitrogens with two attached hydrogens (primary N) is 1. The number of halogens is 1. The number of fused-ring (bicyclic) bond motifs is 2. The van der Waals surface area contributed by atoms with Gasteiger partial charge in [0.15, 0.2) is 11.4 Å². The van der Waals surface area contributed by atoms with E-state index in [1.165, 1.54) is 0 Å². The van der Waals surface area contributed by atoms with E-state index in [-0.39, 0.29) is 11.5 Å². The number of aromatic amines is 1. The second-order valence-electron chi connectivity index (χ2n) is 7.94. The third-order valence-electron chi connectivity index (χ3n) is 5.44. The number of nitrogen functional groups attached to an aromatic ring is 1. The first-order valence-electron chi connectivity index (χ1n) is 11.2. The lowest BCUT2D eigenvalue weighted by atomic mass is 10.1. The zero-order chi connectivity index (χ0) is 24.9. The molecule has 3 heterocycles. The number of rotatable bonds is 4. The number of benzene rings is 2. The largest absolute Gasteiger partial charge is 0.382 e. The first-order valence-corrected chi connectivity index (χ1v) is 11.6. The maximum atomic E-state index is 12.6. The lowest BCUT2D eigenvalue weighted by Crippen LogP contribution is -2.27. The number of anilines is 1. The summed E-state index contributed by atoms with van der Waals surface area (Å²) in [5.74, 6) is 0.129. The van der Waals surface area contributed by atoms with Crippen molar-refractivity contribution in [2.24, 2.45) is 0 Å². The molecule has 9 heteroatoms. The van der Waals surface area contributed by atoms with E-state index in [1.54, 1.807) is 33.6 Å². The van der Waals surface area contributed by atoms with Gasteiger partial charge in [-0.1, -0.05) is 48.9 Å². The molecule has 1 amide bonds. The molecule has 0 spiro atoms. The number of aromatic nitrogens is 4. The fraction of sp³-hybridized carbons (Fsp3) is 0.154. The zero-order valence-electron chi connectivity index (χ0n) is 19.5. The molecule has 5 rings (SSSR count). The molecule has 0 saturated heterocycles. The molecule has 0 fully saturated rings. The molecule has 0 aliphatic rings. The van der Waals surface area contributed by atoms with Crippen molar-refractivity contribution in [3.63, 3.8) is 0 Å². The molecule has 0 atom stereocenters. The van der Waals surface area contributed by atoms with Crippen LogP contribution >= 0.6 is 11.6 Å². The van der Waals surface area contributed by atoms with E-state index in [0.717, 1.165) is 23.2 Å². The van der Waals surface area contributed by atoms with Crippen molar-refractivity contribution in [2.45, 2.75) is 20.3 Å². The Kier molecular flexibility index (Phi) is 7.12. The quantitative estimate of drug-likeness (QED) is 0.333. The fourth-order valence-corrected chi connectivity index (χ4v) is 4.11. The highest BCUT2D eigenvalue weighted by Crippen LogP contribution is 2.22. The molecule has 0 aliphatic heterocycles. The van der Waals surface area contributed by atoms with Gasteiger partial charge < -0.3 is 11.1 Å². The van der Waals surface area contributed by atoms with Gasteiger partial charge in [0.2, 0.25) is 0 Å². The highest BCUT2D eigenvalue weighted by molar-refractivity contribution is 6.35. The third kappa shape index (κ3) is 4.88. The Balaban J connectivity index is 0.000000168. The van der Waals surface area contributed by atoms with Gasteiger partial charge in [-0.3, -0.25) is 14.2 Å². The van der Waals surface area contributed by atoms with Crippen LogP contribution in [0.1, 0.15) is 29.4 Å². The van der Waals surface area contributed by atoms with Gasteiger partial charge in [0, 0.05) is 24.0 Å². The van der Waals surface area contributed by atoms with Crippen LogP contribution in [0, 0.1) is 6.92 Å². The van der Waals surface area contributed by atoms with Gasteiger partial charge in [0.25, 0.3) is 11.5 Å². The molecule has 4 N–H and O–H groups in total. The molecule has 35 heavy (non-hydrogen) atoms. The van der Waals surface area contributed by atoms with E-state index in [1.807, 2.05) is 62.4 Å². The van der Waals surface area contributed by atoms with Gasteiger partial charge in [0.05, 0.1) is 10.4 Å². The summed E-state index contributed by atoms with van der Waals surface area (Å²) >= 11 is 6.16. The molecule has 3 aromatic heterocycles. The predicted molar refractivity (Wildman–Crippen MR) is 138 cm³/mol. The first-order chi connectivity index (χ1) is 16.9. The molecule has 178 valence electrons. The molecule has 0 unspecified atom stereocenters. The lowest BCUT2D eigenvalue weighted by Gasteiger charge is -2.12. The van der Waals surface area contributed by atoms with Crippen LogP contribution in [0.25, 0.3) is 22.1 Å². The standard InChI is InChI=1S/C16H12ClNO.C10H13N5O/c1-11-10-12-6-5-9-14(17)15(12)16(19)18(11)13-7-3-2-4-8-13;1-2-4-13-10(16)7-8(11)14-15-6-3-5-12-9(7)15/h2-10H,1H3;3,5-6H,2,4H2,1H3,(H3,11,13,14,16)/p+1. The summed E-state index contributed by atoms with van der Waals surface area (Å²) in [5.41, 5.74) is 8.35. The van der Waals surface area contributed by atoms with Gasteiger partial charge in [0.1, 0.15) is 12.4 Å². The smallest absolute Gasteiger partial charge is 0.362 e. The van der Waals surface area contributed by atoms with Crippen LogP contribution in [0.4, 0.5) is 5.82 Å². The molecule has 0 bridgehead atoms. The topological polar surface area (TPSA) is 110 Å². The summed E-state index contributed by atoms with van der Waals surface area (Å²) in [6, 6.07) is 18.8. The Labute approximate surface area is 207 Å². The number of nitrogens with one attached hydrogen (secondary N) is 2. The number of hydrogen-bond acceptors (Lipinski definition) is 4. The normalized spacial score (nSPS) is 10.7. The molecule has 0 saturated carbocycles. The Bertz CT molecular complexity index is 1560. The highest BCUT2D eigenvalue weighted by Gasteiger charge is 2.23. The van der Waals surface area contributed by atoms with Crippen LogP contribution in [-0.2, 0) is 0 Å². The van der Waals surface area contributed by atoms with Gasteiger partial charge in [-0.15, -0.1) is 4.52 Å². The van der Waals surface area contributed by atoms with Crippen molar-refractivity contribution in [3.05, 3.63) is 99.7 Å². The van der Waals surface area contributed by atoms with E-state index in [0.29, 0.717) is 34.0 Å². The average Bonchev–Trinajstić information content (AvgIpc) is 3.19. The Hall–Kier alpha value is -4.17. The molecule has 0 radical (unpaired) electrons. The Morgan fingerprint density at radius 3 is 2.69 bits per heavy atom. The summed E-state index contributed by atoms with van der Waals surface area (Å²) in [6.45, 7) is 4.54. The van der Waals surface area contributed by atoms with E-state index < -0.39 is 0 Å². The van der Waals surface area contributed by atoms with Crippen LogP contribution in [0.2, 0.25) is 5.02 Å². The van der Waals surface area contributed by atoms with Gasteiger partial charge in [-0.05, 0) is 48.0 Å². The lowest BCUT2D eigenvalue weighted by molar-refractivity contribution is -0.577. The van der Waals surface area contributed by atoms with E-state index in [2.05, 4.69) is 15.4 Å². The summed E-state index contributed by atoms with van der Waals surface area (Å²) in [4.78, 5) is 28.6. The van der Waals surface area contributed by atoms with Crippen LogP contribution < -0.4 is 21.1 Å². The van der Waals surface area contributed by atoms with Crippen LogP contribution in [-0.4, -0.2) is 27.1 Å². The van der Waals surface area contributed by atoms with E-state index >= 15 is 0 Å². The summed E-state index contributed by atoms with van der Waals surface area (Å²) < 4.78 is 3.31. The van der Waals surface area contributed by atoms with Gasteiger partial charge >= 0.3 is 5.65 Å². The zero-order valence-corrected chi connectivity index (χ0v) is 20.2. The van der Waals surface area contributed by atoms with Crippen molar-refractivity contribution < 1.29 is 9.31 Å². The molecular weight excluding hydrogens is 464 g/mol.